The molecule has 0 aromatic rings. The van der Waals surface area contributed by atoms with Crippen LogP contribution in [0, 0.1) is 29.7 Å². The van der Waals surface area contributed by atoms with Gasteiger partial charge in [0.1, 0.15) is 6.61 Å². The van der Waals surface area contributed by atoms with Gasteiger partial charge in [-0.15, -0.1) is 0 Å². The maximum absolute atomic E-state index is 10.1. The van der Waals surface area contributed by atoms with E-state index in [1.165, 1.54) is 49.7 Å². The van der Waals surface area contributed by atoms with Gasteiger partial charge >= 0.3 is 0 Å². The molecule has 0 amide bonds. The number of hydrogen-bond donors (Lipinski definition) is 1. The van der Waals surface area contributed by atoms with Crippen molar-refractivity contribution in [3.05, 3.63) is 46.9 Å². The van der Waals surface area contributed by atoms with E-state index in [1.54, 1.807) is 5.57 Å². The SMILES string of the molecule is [C-]#[N+]CCO[C@H]1CCC(=C)/C(=C\C=C2/CCC[C@]3(C)[C@@H]([C@H](C)CCCC(C)(C)O)CC[C@@H]23)C1. The highest BCUT2D eigenvalue weighted by molar-refractivity contribution is 5.36. The van der Waals surface area contributed by atoms with E-state index in [0.717, 1.165) is 43.9 Å². The average Bonchev–Trinajstić information content (AvgIpc) is 3.10. The fourth-order valence-corrected chi connectivity index (χ4v) is 7.06. The molecule has 0 unspecified atom stereocenters. The summed E-state index contributed by atoms with van der Waals surface area (Å²) in [6, 6.07) is 0. The van der Waals surface area contributed by atoms with Crippen LogP contribution in [0.3, 0.4) is 0 Å². The van der Waals surface area contributed by atoms with E-state index in [-0.39, 0.29) is 6.10 Å². The number of fused-ring (bicyclic) bond motifs is 1. The van der Waals surface area contributed by atoms with Gasteiger partial charge in [-0.05, 0) is 100 Å². The van der Waals surface area contributed by atoms with Crippen molar-refractivity contribution in [1.29, 1.82) is 0 Å². The summed E-state index contributed by atoms with van der Waals surface area (Å²) in [5, 5.41) is 10.1. The zero-order valence-electron chi connectivity index (χ0n) is 21.7. The molecule has 3 fully saturated rings. The standard InChI is InChI=1S/C30H47NO2/c1-22-11-14-26(33-20-19-31-6)21-25(22)13-12-24-10-8-18-30(5)27(15-16-28(24)30)23(2)9-7-17-29(3,4)32/h12-13,23,26-28,32H,1,7-11,14-21H2,2-5H3/b24-12+,25-13-/t23-,26+,27-,28+,30-/m1/s1. The summed E-state index contributed by atoms with van der Waals surface area (Å²) < 4.78 is 5.94. The van der Waals surface area contributed by atoms with E-state index in [2.05, 4.69) is 37.4 Å². The molecule has 184 valence electrons. The van der Waals surface area contributed by atoms with Crippen LogP contribution in [0.4, 0.5) is 0 Å². The van der Waals surface area contributed by atoms with Gasteiger partial charge in [-0.25, -0.2) is 6.57 Å². The molecule has 0 aromatic carbocycles. The van der Waals surface area contributed by atoms with Gasteiger partial charge in [0.15, 0.2) is 0 Å². The van der Waals surface area contributed by atoms with Crippen molar-refractivity contribution in [2.45, 2.75) is 110 Å². The van der Waals surface area contributed by atoms with Gasteiger partial charge in [0.25, 0.3) is 0 Å². The summed E-state index contributed by atoms with van der Waals surface area (Å²) >= 11 is 0. The minimum absolute atomic E-state index is 0.235. The fourth-order valence-electron chi connectivity index (χ4n) is 7.06. The molecule has 3 aliphatic rings. The van der Waals surface area contributed by atoms with E-state index in [1.807, 2.05) is 13.8 Å². The van der Waals surface area contributed by atoms with Crippen molar-refractivity contribution >= 4 is 0 Å². The van der Waals surface area contributed by atoms with Gasteiger partial charge < -0.3 is 14.7 Å². The first kappa shape index (κ1) is 26.2. The van der Waals surface area contributed by atoms with Crippen molar-refractivity contribution in [3.8, 4) is 0 Å². The molecule has 3 nitrogen and oxygen atoms in total. The van der Waals surface area contributed by atoms with Gasteiger partial charge in [-0.1, -0.05) is 56.6 Å². The van der Waals surface area contributed by atoms with Crippen LogP contribution in [-0.4, -0.2) is 30.0 Å². The molecule has 1 N–H and O–H groups in total. The first-order valence-corrected chi connectivity index (χ1v) is 13.4. The predicted molar refractivity (Wildman–Crippen MR) is 138 cm³/mol. The number of ether oxygens (including phenoxy) is 1. The summed E-state index contributed by atoms with van der Waals surface area (Å²) in [5.74, 6) is 2.24. The Morgan fingerprint density at radius 1 is 1.27 bits per heavy atom. The minimum Gasteiger partial charge on any atom is -0.390 e. The largest absolute Gasteiger partial charge is 0.390 e. The number of aliphatic hydroxyl groups is 1. The molecule has 5 atom stereocenters. The lowest BCUT2D eigenvalue weighted by Gasteiger charge is -2.44. The van der Waals surface area contributed by atoms with E-state index in [0.29, 0.717) is 24.5 Å². The van der Waals surface area contributed by atoms with E-state index >= 15 is 0 Å². The van der Waals surface area contributed by atoms with Crippen LogP contribution in [0.25, 0.3) is 4.85 Å². The first-order valence-electron chi connectivity index (χ1n) is 13.4. The van der Waals surface area contributed by atoms with Crippen molar-refractivity contribution in [1.82, 2.24) is 0 Å². The minimum atomic E-state index is -0.541. The Morgan fingerprint density at radius 3 is 2.79 bits per heavy atom. The highest BCUT2D eigenvalue weighted by atomic mass is 16.5. The second-order valence-electron chi connectivity index (χ2n) is 11.9. The second-order valence-corrected chi connectivity index (χ2v) is 11.9. The Bertz CT molecular complexity index is 780. The molecule has 3 saturated carbocycles. The molecule has 3 rings (SSSR count). The summed E-state index contributed by atoms with van der Waals surface area (Å²) in [6.45, 7) is 21.2. The highest BCUT2D eigenvalue weighted by Crippen LogP contribution is 2.60. The Kier molecular flexibility index (Phi) is 9.04. The van der Waals surface area contributed by atoms with E-state index < -0.39 is 5.60 Å². The van der Waals surface area contributed by atoms with Gasteiger partial charge in [0, 0.05) is 0 Å². The van der Waals surface area contributed by atoms with Crippen LogP contribution in [0.1, 0.15) is 98.3 Å². The third-order valence-electron chi connectivity index (χ3n) is 8.90. The molecule has 0 radical (unpaired) electrons. The molecule has 0 aliphatic heterocycles. The number of hydrogen-bond acceptors (Lipinski definition) is 2. The molecular formula is C30H47NO2. The molecule has 0 aromatic heterocycles. The van der Waals surface area contributed by atoms with Gasteiger partial charge in [0.2, 0.25) is 6.54 Å². The summed E-state index contributed by atoms with van der Waals surface area (Å²) in [4.78, 5) is 3.41. The zero-order valence-corrected chi connectivity index (χ0v) is 21.7. The summed E-state index contributed by atoms with van der Waals surface area (Å²) in [5.41, 5.74) is 4.15. The van der Waals surface area contributed by atoms with Crippen LogP contribution in [0.15, 0.2) is 35.5 Å². The molecule has 0 saturated heterocycles. The monoisotopic (exact) mass is 453 g/mol. The van der Waals surface area contributed by atoms with Crippen LogP contribution in [-0.2, 0) is 4.74 Å². The quantitative estimate of drug-likeness (QED) is 0.287. The lowest BCUT2D eigenvalue weighted by molar-refractivity contribution is 0.0521. The van der Waals surface area contributed by atoms with Crippen molar-refractivity contribution < 1.29 is 9.84 Å². The van der Waals surface area contributed by atoms with Crippen LogP contribution >= 0.6 is 0 Å². The Hall–Kier alpha value is -1.37. The predicted octanol–water partition coefficient (Wildman–Crippen LogP) is 7.68. The molecule has 3 heteroatoms. The van der Waals surface area contributed by atoms with Gasteiger partial charge in [0.05, 0.1) is 11.7 Å². The number of nitrogens with zero attached hydrogens (tertiary/aromatic N) is 1. The van der Waals surface area contributed by atoms with Gasteiger partial charge in [-0.2, -0.15) is 0 Å². The normalized spacial score (nSPS) is 33.8. The average molecular weight is 454 g/mol. The number of rotatable bonds is 9. The first-order chi connectivity index (χ1) is 15.6. The molecule has 0 spiro atoms. The van der Waals surface area contributed by atoms with Crippen LogP contribution < -0.4 is 0 Å². The van der Waals surface area contributed by atoms with Crippen molar-refractivity contribution in [3.63, 3.8) is 0 Å². The maximum atomic E-state index is 10.1. The molecular weight excluding hydrogens is 406 g/mol. The molecule has 0 heterocycles. The Labute approximate surface area is 203 Å². The smallest absolute Gasteiger partial charge is 0.237 e. The van der Waals surface area contributed by atoms with Crippen LogP contribution in [0.5, 0.6) is 0 Å². The third-order valence-corrected chi connectivity index (χ3v) is 8.90. The second kappa shape index (κ2) is 11.4. The summed E-state index contributed by atoms with van der Waals surface area (Å²) in [7, 11) is 0. The molecule has 3 aliphatic carbocycles. The van der Waals surface area contributed by atoms with Gasteiger partial charge in [-0.3, -0.25) is 0 Å². The third kappa shape index (κ3) is 6.83. The number of allylic oxidation sites excluding steroid dienone is 4. The van der Waals surface area contributed by atoms with Crippen molar-refractivity contribution in [2.75, 3.05) is 13.2 Å². The zero-order chi connectivity index (χ0) is 24.1. The van der Waals surface area contributed by atoms with E-state index in [9.17, 15) is 5.11 Å². The van der Waals surface area contributed by atoms with Crippen molar-refractivity contribution in [2.24, 2.45) is 23.2 Å². The van der Waals surface area contributed by atoms with E-state index in [4.69, 9.17) is 11.3 Å². The highest BCUT2D eigenvalue weighted by Gasteiger charge is 2.50. The Balaban J connectivity index is 1.65. The lowest BCUT2D eigenvalue weighted by Crippen LogP contribution is -2.36. The molecule has 33 heavy (non-hydrogen) atoms. The van der Waals surface area contributed by atoms with Crippen LogP contribution in [0.2, 0.25) is 0 Å². The maximum Gasteiger partial charge on any atom is 0.237 e. The summed E-state index contributed by atoms with van der Waals surface area (Å²) in [6.07, 6.45) is 17.8. The molecule has 0 bridgehead atoms. The Morgan fingerprint density at radius 2 is 2.06 bits per heavy atom. The lowest BCUT2D eigenvalue weighted by atomic mass is 9.60. The topological polar surface area (TPSA) is 33.8 Å². The fraction of sp³-hybridized carbons (Fsp3) is 0.767.